The first-order valence-corrected chi connectivity index (χ1v) is 8.50. The minimum atomic E-state index is -0.438. The summed E-state index contributed by atoms with van der Waals surface area (Å²) in [6, 6.07) is 13.7. The standard InChI is InChI=1S/C19H26N2O3/c1-21(2)18-11-9-16(24-18)13-20-12-14-8-10-17(19(14)22)23-15-6-4-3-5-7-15/h3-7,9,11,14,17,19-20,22H,8,10,12-13H2,1-2H3/t14-,17-,19-/m1/s1. The number of aliphatic hydroxyl groups is 1. The summed E-state index contributed by atoms with van der Waals surface area (Å²) in [6.45, 7) is 1.43. The molecule has 0 unspecified atom stereocenters. The van der Waals surface area contributed by atoms with Crippen LogP contribution in [0.25, 0.3) is 0 Å². The van der Waals surface area contributed by atoms with Crippen molar-refractivity contribution in [3.63, 3.8) is 0 Å². The Bertz CT molecular complexity index is 627. The first-order chi connectivity index (χ1) is 11.6. The highest BCUT2D eigenvalue weighted by atomic mass is 16.5. The topological polar surface area (TPSA) is 57.9 Å². The predicted octanol–water partition coefficient (Wildman–Crippen LogP) is 2.65. The van der Waals surface area contributed by atoms with Gasteiger partial charge in [0.15, 0.2) is 5.88 Å². The highest BCUT2D eigenvalue weighted by Crippen LogP contribution is 2.29. The third kappa shape index (κ3) is 4.10. The van der Waals surface area contributed by atoms with Crippen molar-refractivity contribution in [2.45, 2.75) is 31.6 Å². The molecule has 2 aromatic rings. The molecule has 3 rings (SSSR count). The van der Waals surface area contributed by atoms with Crippen LogP contribution in [0.1, 0.15) is 18.6 Å². The predicted molar refractivity (Wildman–Crippen MR) is 94.3 cm³/mol. The summed E-state index contributed by atoms with van der Waals surface area (Å²) in [7, 11) is 3.91. The summed E-state index contributed by atoms with van der Waals surface area (Å²) in [6.07, 6.45) is 1.29. The molecule has 0 amide bonds. The molecule has 0 radical (unpaired) electrons. The Balaban J connectivity index is 1.44. The van der Waals surface area contributed by atoms with Crippen molar-refractivity contribution in [1.29, 1.82) is 0 Å². The lowest BCUT2D eigenvalue weighted by Gasteiger charge is -2.21. The molecule has 1 fully saturated rings. The fourth-order valence-electron chi connectivity index (χ4n) is 3.13. The van der Waals surface area contributed by atoms with Crippen LogP contribution in [0.4, 0.5) is 5.88 Å². The Hall–Kier alpha value is -1.98. The van der Waals surface area contributed by atoms with Gasteiger partial charge in [-0.2, -0.15) is 0 Å². The van der Waals surface area contributed by atoms with E-state index < -0.39 is 6.10 Å². The molecule has 5 heteroatoms. The quantitative estimate of drug-likeness (QED) is 0.817. The van der Waals surface area contributed by atoms with Crippen LogP contribution >= 0.6 is 0 Å². The second-order valence-electron chi connectivity index (χ2n) is 6.56. The van der Waals surface area contributed by atoms with Gasteiger partial charge in [0.05, 0.1) is 12.6 Å². The number of nitrogens with zero attached hydrogens (tertiary/aromatic N) is 1. The van der Waals surface area contributed by atoms with E-state index in [1.165, 1.54) is 0 Å². The van der Waals surface area contributed by atoms with E-state index in [1.807, 2.05) is 61.5 Å². The summed E-state index contributed by atoms with van der Waals surface area (Å²) in [5.41, 5.74) is 0. The summed E-state index contributed by atoms with van der Waals surface area (Å²) in [5.74, 6) is 2.79. The third-order valence-electron chi connectivity index (χ3n) is 4.51. The molecule has 1 aliphatic rings. The minimum absolute atomic E-state index is 0.122. The molecule has 0 saturated heterocycles. The molecule has 0 spiro atoms. The number of hydrogen-bond acceptors (Lipinski definition) is 5. The van der Waals surface area contributed by atoms with Crippen molar-refractivity contribution in [3.8, 4) is 5.75 Å². The van der Waals surface area contributed by atoms with E-state index in [2.05, 4.69) is 5.32 Å². The Morgan fingerprint density at radius 1 is 1.17 bits per heavy atom. The van der Waals surface area contributed by atoms with Crippen LogP contribution in [0.15, 0.2) is 46.9 Å². The van der Waals surface area contributed by atoms with Gasteiger partial charge in [-0.25, -0.2) is 0 Å². The smallest absolute Gasteiger partial charge is 0.195 e. The number of benzene rings is 1. The van der Waals surface area contributed by atoms with Gasteiger partial charge in [-0.3, -0.25) is 0 Å². The van der Waals surface area contributed by atoms with Crippen molar-refractivity contribution >= 4 is 5.88 Å². The number of ether oxygens (including phenoxy) is 1. The van der Waals surface area contributed by atoms with Gasteiger partial charge in [-0.15, -0.1) is 0 Å². The van der Waals surface area contributed by atoms with Gasteiger partial charge in [0, 0.05) is 32.6 Å². The average molecular weight is 330 g/mol. The molecule has 1 aromatic carbocycles. The van der Waals surface area contributed by atoms with E-state index in [0.29, 0.717) is 6.54 Å². The van der Waals surface area contributed by atoms with Crippen molar-refractivity contribution in [2.24, 2.45) is 5.92 Å². The number of aliphatic hydroxyl groups excluding tert-OH is 1. The van der Waals surface area contributed by atoms with Gasteiger partial charge >= 0.3 is 0 Å². The molecule has 1 saturated carbocycles. The van der Waals surface area contributed by atoms with Crippen molar-refractivity contribution in [2.75, 3.05) is 25.5 Å². The van der Waals surface area contributed by atoms with E-state index in [9.17, 15) is 5.11 Å². The third-order valence-corrected chi connectivity index (χ3v) is 4.51. The molecule has 5 nitrogen and oxygen atoms in total. The van der Waals surface area contributed by atoms with Gasteiger partial charge in [0.1, 0.15) is 17.6 Å². The van der Waals surface area contributed by atoms with Crippen LogP contribution < -0.4 is 15.0 Å². The Labute approximate surface area is 143 Å². The summed E-state index contributed by atoms with van der Waals surface area (Å²) in [4.78, 5) is 1.94. The van der Waals surface area contributed by atoms with E-state index in [0.717, 1.165) is 36.8 Å². The lowest BCUT2D eigenvalue weighted by molar-refractivity contribution is 0.0349. The highest BCUT2D eigenvalue weighted by Gasteiger charge is 2.35. The van der Waals surface area contributed by atoms with E-state index in [1.54, 1.807) is 0 Å². The van der Waals surface area contributed by atoms with Crippen LogP contribution in [0.3, 0.4) is 0 Å². The fraction of sp³-hybridized carbons (Fsp3) is 0.474. The SMILES string of the molecule is CN(C)c1ccc(CNC[C@H]2CC[C@@H](Oc3ccccc3)[C@@H]2O)o1. The molecular formula is C19H26N2O3. The largest absolute Gasteiger partial charge is 0.488 e. The van der Waals surface area contributed by atoms with Crippen LogP contribution in [-0.4, -0.2) is 38.0 Å². The second kappa shape index (κ2) is 7.73. The van der Waals surface area contributed by atoms with Crippen molar-refractivity contribution < 1.29 is 14.3 Å². The lowest BCUT2D eigenvalue weighted by Crippen LogP contribution is -2.35. The number of furan rings is 1. The molecule has 1 aliphatic carbocycles. The van der Waals surface area contributed by atoms with Gasteiger partial charge in [-0.05, 0) is 31.0 Å². The lowest BCUT2D eigenvalue weighted by atomic mass is 10.1. The number of rotatable bonds is 7. The maximum atomic E-state index is 10.5. The Morgan fingerprint density at radius 2 is 1.96 bits per heavy atom. The van der Waals surface area contributed by atoms with Crippen LogP contribution in [0.2, 0.25) is 0 Å². The molecular weight excluding hydrogens is 304 g/mol. The zero-order chi connectivity index (χ0) is 16.9. The van der Waals surface area contributed by atoms with Gasteiger partial charge in [0.25, 0.3) is 0 Å². The first-order valence-electron chi connectivity index (χ1n) is 8.50. The number of anilines is 1. The molecule has 1 aromatic heterocycles. The second-order valence-corrected chi connectivity index (χ2v) is 6.56. The van der Waals surface area contributed by atoms with Gasteiger partial charge in [0.2, 0.25) is 0 Å². The summed E-state index contributed by atoms with van der Waals surface area (Å²) >= 11 is 0. The van der Waals surface area contributed by atoms with Crippen molar-refractivity contribution in [3.05, 3.63) is 48.2 Å². The fourth-order valence-corrected chi connectivity index (χ4v) is 3.13. The average Bonchev–Trinajstić information content (AvgIpc) is 3.18. The maximum Gasteiger partial charge on any atom is 0.195 e. The zero-order valence-electron chi connectivity index (χ0n) is 14.3. The Kier molecular flexibility index (Phi) is 5.43. The monoisotopic (exact) mass is 330 g/mol. The van der Waals surface area contributed by atoms with Crippen LogP contribution in [0, 0.1) is 5.92 Å². The van der Waals surface area contributed by atoms with E-state index >= 15 is 0 Å². The highest BCUT2D eigenvalue weighted by molar-refractivity contribution is 5.33. The zero-order valence-corrected chi connectivity index (χ0v) is 14.3. The maximum absolute atomic E-state index is 10.5. The van der Waals surface area contributed by atoms with Crippen LogP contribution in [0.5, 0.6) is 5.75 Å². The molecule has 2 N–H and O–H groups in total. The molecule has 1 heterocycles. The van der Waals surface area contributed by atoms with Crippen LogP contribution in [-0.2, 0) is 6.54 Å². The molecule has 0 aliphatic heterocycles. The van der Waals surface area contributed by atoms with Gasteiger partial charge in [-0.1, -0.05) is 18.2 Å². The molecule has 3 atom stereocenters. The minimum Gasteiger partial charge on any atom is -0.488 e. The molecule has 0 bridgehead atoms. The normalized spacial score (nSPS) is 23.4. The summed E-state index contributed by atoms with van der Waals surface area (Å²) < 4.78 is 11.6. The molecule has 130 valence electrons. The van der Waals surface area contributed by atoms with E-state index in [4.69, 9.17) is 9.15 Å². The summed E-state index contributed by atoms with van der Waals surface area (Å²) in [5, 5.41) is 13.9. The van der Waals surface area contributed by atoms with E-state index in [-0.39, 0.29) is 12.0 Å². The number of hydrogen-bond donors (Lipinski definition) is 2. The number of nitrogens with one attached hydrogen (secondary N) is 1. The van der Waals surface area contributed by atoms with Gasteiger partial charge < -0.3 is 24.5 Å². The number of para-hydroxylation sites is 1. The molecule has 24 heavy (non-hydrogen) atoms. The first kappa shape index (κ1) is 16.9. The van der Waals surface area contributed by atoms with Crippen molar-refractivity contribution in [1.82, 2.24) is 5.32 Å². The Morgan fingerprint density at radius 3 is 2.67 bits per heavy atom.